The molecule has 1 rings (SSSR count). The Balaban J connectivity index is 2.83. The van der Waals surface area contributed by atoms with Gasteiger partial charge in [0.05, 0.1) is 13.1 Å². The number of rotatable bonds is 4. The van der Waals surface area contributed by atoms with Crippen LogP contribution in [0.1, 0.15) is 12.5 Å². The van der Waals surface area contributed by atoms with Crippen LogP contribution in [0.2, 0.25) is 0 Å². The summed E-state index contributed by atoms with van der Waals surface area (Å²) >= 11 is 0. The predicted molar refractivity (Wildman–Crippen MR) is 65.7 cm³/mol. The van der Waals surface area contributed by atoms with E-state index in [2.05, 4.69) is 43.0 Å². The smallest absolute Gasteiger partial charge is 0.0801 e. The average Bonchev–Trinajstić information content (AvgIpc) is 2.29. The predicted octanol–water partition coefficient (Wildman–Crippen LogP) is 2.32. The van der Waals surface area contributed by atoms with Gasteiger partial charge in [0.1, 0.15) is 0 Å². The molecule has 0 heterocycles. The molecule has 1 nitrogen and oxygen atoms in total. The van der Waals surface area contributed by atoms with Gasteiger partial charge in [-0.05, 0) is 24.1 Å². The van der Waals surface area contributed by atoms with E-state index in [1.54, 1.807) is 0 Å². The topological polar surface area (TPSA) is 3.24 Å². The minimum atomic E-state index is 0.551. The van der Waals surface area contributed by atoms with E-state index in [9.17, 15) is 0 Å². The van der Waals surface area contributed by atoms with Crippen LogP contribution in [0.15, 0.2) is 24.3 Å². The van der Waals surface area contributed by atoms with Gasteiger partial charge in [-0.25, -0.2) is 0 Å². The third-order valence-corrected chi connectivity index (χ3v) is 2.27. The number of nitrogens with zero attached hydrogens (tertiary/aromatic N) is 1. The molecule has 0 aliphatic rings. The summed E-state index contributed by atoms with van der Waals surface area (Å²) in [6.07, 6.45) is 11.6. The molecule has 0 radical (unpaired) electrons. The number of benzene rings is 1. The van der Waals surface area contributed by atoms with E-state index in [0.29, 0.717) is 13.1 Å². The maximum absolute atomic E-state index is 5.29. The molecule has 15 heavy (non-hydrogen) atoms. The summed E-state index contributed by atoms with van der Waals surface area (Å²) in [4.78, 5) is 2.00. The van der Waals surface area contributed by atoms with Crippen LogP contribution in [-0.4, -0.2) is 13.1 Å². The van der Waals surface area contributed by atoms with Crippen molar-refractivity contribution in [1.29, 1.82) is 0 Å². The zero-order valence-corrected chi connectivity index (χ0v) is 9.03. The van der Waals surface area contributed by atoms with Crippen LogP contribution in [0, 0.1) is 24.7 Å². The van der Waals surface area contributed by atoms with Crippen molar-refractivity contribution in [3.8, 4) is 24.7 Å². The largest absolute Gasteiger partial charge is 0.349 e. The van der Waals surface area contributed by atoms with Gasteiger partial charge in [0.2, 0.25) is 0 Å². The fourth-order valence-electron chi connectivity index (χ4n) is 1.40. The van der Waals surface area contributed by atoms with Gasteiger partial charge in [-0.2, -0.15) is 0 Å². The van der Waals surface area contributed by atoms with Crippen molar-refractivity contribution >= 4 is 5.69 Å². The molecule has 0 amide bonds. The number of aryl methyl sites for hydroxylation is 1. The van der Waals surface area contributed by atoms with E-state index in [1.165, 1.54) is 5.56 Å². The molecule has 0 N–H and O–H groups in total. The normalized spacial score (nSPS) is 9.00. The number of hydrogen-bond acceptors (Lipinski definition) is 1. The Bertz CT molecular complexity index is 359. The first-order chi connectivity index (χ1) is 7.31. The molecule has 0 aliphatic heterocycles. The summed E-state index contributed by atoms with van der Waals surface area (Å²) in [5, 5.41) is 0. The molecule has 1 aromatic rings. The maximum atomic E-state index is 5.29. The molecule has 0 aromatic heterocycles. The van der Waals surface area contributed by atoms with Gasteiger partial charge >= 0.3 is 0 Å². The van der Waals surface area contributed by atoms with Gasteiger partial charge < -0.3 is 4.90 Å². The summed E-state index contributed by atoms with van der Waals surface area (Å²) in [7, 11) is 0. The second-order valence-corrected chi connectivity index (χ2v) is 3.28. The molecule has 0 saturated heterocycles. The fraction of sp³-hybridized carbons (Fsp3) is 0.286. The second-order valence-electron chi connectivity index (χ2n) is 3.28. The molecule has 76 valence electrons. The fourth-order valence-corrected chi connectivity index (χ4v) is 1.40. The molecular weight excluding hydrogens is 182 g/mol. The lowest BCUT2D eigenvalue weighted by Crippen LogP contribution is -2.23. The van der Waals surface area contributed by atoms with Crippen LogP contribution in [0.3, 0.4) is 0 Å². The van der Waals surface area contributed by atoms with Gasteiger partial charge in [-0.1, -0.05) is 30.9 Å². The van der Waals surface area contributed by atoms with Crippen LogP contribution in [-0.2, 0) is 6.42 Å². The Morgan fingerprint density at radius 3 is 2.00 bits per heavy atom. The van der Waals surface area contributed by atoms with Crippen molar-refractivity contribution in [2.45, 2.75) is 13.3 Å². The summed E-state index contributed by atoms with van der Waals surface area (Å²) < 4.78 is 0. The number of terminal acetylenes is 2. The highest BCUT2D eigenvalue weighted by molar-refractivity contribution is 5.49. The summed E-state index contributed by atoms with van der Waals surface area (Å²) in [6, 6.07) is 8.34. The SMILES string of the molecule is C#CCN(CC#C)c1ccc(CC)cc1. The lowest BCUT2D eigenvalue weighted by Gasteiger charge is -2.19. The van der Waals surface area contributed by atoms with E-state index in [1.807, 2.05) is 4.90 Å². The average molecular weight is 197 g/mol. The first-order valence-electron chi connectivity index (χ1n) is 5.02. The first kappa shape index (κ1) is 11.2. The standard InChI is InChI=1S/C14H15N/c1-4-11-15(12-5-2)14-9-7-13(6-3)8-10-14/h1-2,7-10H,6,11-12H2,3H3. The highest BCUT2D eigenvalue weighted by atomic mass is 15.1. The van der Waals surface area contributed by atoms with Crippen LogP contribution in [0.4, 0.5) is 5.69 Å². The molecule has 0 atom stereocenters. The van der Waals surface area contributed by atoms with Gasteiger partial charge in [0, 0.05) is 5.69 Å². The molecular formula is C14H15N. The van der Waals surface area contributed by atoms with Gasteiger partial charge in [-0.15, -0.1) is 12.8 Å². The van der Waals surface area contributed by atoms with Crippen molar-refractivity contribution < 1.29 is 0 Å². The van der Waals surface area contributed by atoms with Crippen molar-refractivity contribution in [1.82, 2.24) is 0 Å². The first-order valence-corrected chi connectivity index (χ1v) is 5.02. The quantitative estimate of drug-likeness (QED) is 0.670. The molecule has 0 fully saturated rings. The Morgan fingerprint density at radius 1 is 1.07 bits per heavy atom. The van der Waals surface area contributed by atoms with Crippen molar-refractivity contribution in [2.75, 3.05) is 18.0 Å². The molecule has 0 saturated carbocycles. The van der Waals surface area contributed by atoms with E-state index < -0.39 is 0 Å². The van der Waals surface area contributed by atoms with Gasteiger partial charge in [-0.3, -0.25) is 0 Å². The van der Waals surface area contributed by atoms with Gasteiger partial charge in [0.15, 0.2) is 0 Å². The number of hydrogen-bond donors (Lipinski definition) is 0. The Morgan fingerprint density at radius 2 is 1.60 bits per heavy atom. The monoisotopic (exact) mass is 197 g/mol. The van der Waals surface area contributed by atoms with Crippen molar-refractivity contribution in [3.05, 3.63) is 29.8 Å². The minimum absolute atomic E-state index is 0.551. The highest BCUT2D eigenvalue weighted by Gasteiger charge is 2.02. The Hall–Kier alpha value is -1.86. The Labute approximate surface area is 92.1 Å². The van der Waals surface area contributed by atoms with Crippen molar-refractivity contribution in [3.63, 3.8) is 0 Å². The molecule has 1 aromatic carbocycles. The third kappa shape index (κ3) is 3.08. The lowest BCUT2D eigenvalue weighted by molar-refractivity contribution is 0.983. The van der Waals surface area contributed by atoms with Crippen LogP contribution in [0.5, 0.6) is 0 Å². The van der Waals surface area contributed by atoms with Gasteiger partial charge in [0.25, 0.3) is 0 Å². The molecule has 0 aliphatic carbocycles. The molecule has 0 spiro atoms. The summed E-state index contributed by atoms with van der Waals surface area (Å²) in [6.45, 7) is 3.24. The van der Waals surface area contributed by atoms with E-state index in [4.69, 9.17) is 12.8 Å². The zero-order valence-electron chi connectivity index (χ0n) is 9.03. The van der Waals surface area contributed by atoms with Crippen LogP contribution >= 0.6 is 0 Å². The third-order valence-electron chi connectivity index (χ3n) is 2.27. The lowest BCUT2D eigenvalue weighted by atomic mass is 10.1. The second kappa shape index (κ2) is 5.78. The van der Waals surface area contributed by atoms with Crippen molar-refractivity contribution in [2.24, 2.45) is 0 Å². The van der Waals surface area contributed by atoms with E-state index >= 15 is 0 Å². The minimum Gasteiger partial charge on any atom is -0.349 e. The highest BCUT2D eigenvalue weighted by Crippen LogP contribution is 2.14. The van der Waals surface area contributed by atoms with Crippen LogP contribution in [0.25, 0.3) is 0 Å². The molecule has 1 heteroatoms. The Kier molecular flexibility index (Phi) is 4.32. The van der Waals surface area contributed by atoms with Crippen LogP contribution < -0.4 is 4.90 Å². The zero-order chi connectivity index (χ0) is 11.1. The summed E-state index contributed by atoms with van der Waals surface area (Å²) in [5.74, 6) is 5.22. The molecule has 0 bridgehead atoms. The summed E-state index contributed by atoms with van der Waals surface area (Å²) in [5.41, 5.74) is 2.41. The number of anilines is 1. The van der Waals surface area contributed by atoms with E-state index in [0.717, 1.165) is 12.1 Å². The van der Waals surface area contributed by atoms with E-state index in [-0.39, 0.29) is 0 Å². The maximum Gasteiger partial charge on any atom is 0.0801 e. The molecule has 0 unspecified atom stereocenters.